The van der Waals surface area contributed by atoms with Crippen LogP contribution in [0, 0.1) is 5.82 Å². The van der Waals surface area contributed by atoms with E-state index in [1.165, 1.54) is 24.3 Å². The van der Waals surface area contributed by atoms with Crippen LogP contribution in [0.1, 0.15) is 11.8 Å². The van der Waals surface area contributed by atoms with E-state index >= 15 is 0 Å². The molecule has 23 heavy (non-hydrogen) atoms. The highest BCUT2D eigenvalue weighted by Crippen LogP contribution is 2.17. The number of anilines is 1. The van der Waals surface area contributed by atoms with Gasteiger partial charge in [-0.05, 0) is 50.5 Å². The molecule has 1 unspecified atom stereocenters. The third-order valence-corrected chi connectivity index (χ3v) is 3.26. The number of halogens is 1. The van der Waals surface area contributed by atoms with Crippen molar-refractivity contribution in [2.24, 2.45) is 0 Å². The van der Waals surface area contributed by atoms with Gasteiger partial charge in [-0.3, -0.25) is 14.5 Å². The molecule has 7 heteroatoms. The van der Waals surface area contributed by atoms with Gasteiger partial charge in [0.2, 0.25) is 0 Å². The summed E-state index contributed by atoms with van der Waals surface area (Å²) in [6.07, 6.45) is 1.55. The molecular formula is C16H18FN3O3. The zero-order chi connectivity index (χ0) is 16.8. The fourth-order valence-electron chi connectivity index (χ4n) is 2.01. The summed E-state index contributed by atoms with van der Waals surface area (Å²) < 4.78 is 18.1. The number of amides is 2. The molecule has 2 amide bonds. The highest BCUT2D eigenvalue weighted by Gasteiger charge is 2.20. The van der Waals surface area contributed by atoms with Crippen LogP contribution in [0.25, 0.3) is 0 Å². The van der Waals surface area contributed by atoms with Crippen LogP contribution in [0.15, 0.2) is 47.1 Å². The molecular weight excluding hydrogens is 301 g/mol. The number of furan rings is 1. The second-order valence-corrected chi connectivity index (χ2v) is 5.17. The first-order valence-corrected chi connectivity index (χ1v) is 7.02. The molecule has 1 aromatic carbocycles. The third kappa shape index (κ3) is 4.65. The Balaban J connectivity index is 1.90. The molecule has 0 aliphatic carbocycles. The van der Waals surface area contributed by atoms with Gasteiger partial charge in [0, 0.05) is 12.2 Å². The number of nitrogens with zero attached hydrogens (tertiary/aromatic N) is 1. The summed E-state index contributed by atoms with van der Waals surface area (Å²) in [5, 5.41) is 4.96. The summed E-state index contributed by atoms with van der Waals surface area (Å²) in [7, 11) is 3.69. The number of benzene rings is 1. The molecule has 0 radical (unpaired) electrons. The Labute approximate surface area is 133 Å². The Morgan fingerprint density at radius 3 is 2.43 bits per heavy atom. The summed E-state index contributed by atoms with van der Waals surface area (Å²) in [6, 6.07) is 8.54. The number of carbonyl (C=O) groups excluding carboxylic acids is 2. The normalized spacial score (nSPS) is 12.0. The quantitative estimate of drug-likeness (QED) is 0.824. The number of nitrogens with one attached hydrogen (secondary N) is 2. The average Bonchev–Trinajstić information content (AvgIpc) is 3.03. The van der Waals surface area contributed by atoms with Crippen molar-refractivity contribution in [2.45, 2.75) is 6.04 Å². The first-order chi connectivity index (χ1) is 11.0. The van der Waals surface area contributed by atoms with Crippen LogP contribution in [0.4, 0.5) is 10.1 Å². The van der Waals surface area contributed by atoms with E-state index in [4.69, 9.17) is 4.42 Å². The largest absolute Gasteiger partial charge is 0.468 e. The van der Waals surface area contributed by atoms with E-state index in [1.54, 1.807) is 18.4 Å². The van der Waals surface area contributed by atoms with Gasteiger partial charge < -0.3 is 15.1 Å². The van der Waals surface area contributed by atoms with Crippen molar-refractivity contribution in [1.29, 1.82) is 0 Å². The standard InChI is InChI=1S/C16H18FN3O3/c1-20(2)13(14-4-3-9-23-14)10-18-15(21)16(22)19-12-7-5-11(17)6-8-12/h3-9,13H,10H2,1-2H3,(H,18,21)(H,19,22). The monoisotopic (exact) mass is 319 g/mol. The van der Waals surface area contributed by atoms with Crippen molar-refractivity contribution in [3.8, 4) is 0 Å². The van der Waals surface area contributed by atoms with Gasteiger partial charge in [-0.2, -0.15) is 0 Å². The molecule has 122 valence electrons. The Morgan fingerprint density at radius 1 is 1.17 bits per heavy atom. The highest BCUT2D eigenvalue weighted by atomic mass is 19.1. The van der Waals surface area contributed by atoms with Gasteiger partial charge >= 0.3 is 11.8 Å². The minimum atomic E-state index is -0.812. The SMILES string of the molecule is CN(C)C(CNC(=O)C(=O)Nc1ccc(F)cc1)c1ccco1. The molecule has 1 aromatic heterocycles. The van der Waals surface area contributed by atoms with E-state index in [2.05, 4.69) is 10.6 Å². The molecule has 2 rings (SSSR count). The molecule has 0 fully saturated rings. The van der Waals surface area contributed by atoms with Crippen LogP contribution in [0.3, 0.4) is 0 Å². The maximum atomic E-state index is 12.8. The number of hydrogen-bond acceptors (Lipinski definition) is 4. The third-order valence-electron chi connectivity index (χ3n) is 3.26. The molecule has 0 bridgehead atoms. The van der Waals surface area contributed by atoms with Crippen LogP contribution in [-0.2, 0) is 9.59 Å². The molecule has 2 N–H and O–H groups in total. The second kappa shape index (κ2) is 7.55. The van der Waals surface area contributed by atoms with E-state index in [1.807, 2.05) is 19.0 Å². The van der Waals surface area contributed by atoms with Gasteiger partial charge in [-0.15, -0.1) is 0 Å². The van der Waals surface area contributed by atoms with Gasteiger partial charge in [0.15, 0.2) is 0 Å². The molecule has 0 saturated heterocycles. The Bertz CT molecular complexity index is 654. The summed E-state index contributed by atoms with van der Waals surface area (Å²) in [5.74, 6) is -1.31. The van der Waals surface area contributed by atoms with E-state index in [-0.39, 0.29) is 12.6 Å². The number of carbonyl (C=O) groups is 2. The number of likely N-dealkylation sites (N-methyl/N-ethyl adjacent to an activating group) is 1. The lowest BCUT2D eigenvalue weighted by Gasteiger charge is -2.22. The Hall–Kier alpha value is -2.67. The minimum absolute atomic E-state index is 0.187. The fraction of sp³-hybridized carbons (Fsp3) is 0.250. The van der Waals surface area contributed by atoms with Crippen LogP contribution in [-0.4, -0.2) is 37.4 Å². The van der Waals surface area contributed by atoms with Crippen LogP contribution in [0.5, 0.6) is 0 Å². The van der Waals surface area contributed by atoms with Gasteiger partial charge in [-0.1, -0.05) is 0 Å². The van der Waals surface area contributed by atoms with Gasteiger partial charge in [0.05, 0.1) is 12.3 Å². The van der Waals surface area contributed by atoms with Crippen molar-refractivity contribution < 1.29 is 18.4 Å². The maximum Gasteiger partial charge on any atom is 0.313 e. The fourth-order valence-corrected chi connectivity index (χ4v) is 2.01. The summed E-state index contributed by atoms with van der Waals surface area (Å²) in [4.78, 5) is 25.5. The van der Waals surface area contributed by atoms with Gasteiger partial charge in [0.1, 0.15) is 11.6 Å². The van der Waals surface area contributed by atoms with Crippen molar-refractivity contribution in [2.75, 3.05) is 26.0 Å². The molecule has 2 aromatic rings. The van der Waals surface area contributed by atoms with Crippen LogP contribution >= 0.6 is 0 Å². The van der Waals surface area contributed by atoms with E-state index < -0.39 is 17.6 Å². The zero-order valence-corrected chi connectivity index (χ0v) is 12.9. The van der Waals surface area contributed by atoms with Crippen molar-refractivity contribution in [3.05, 3.63) is 54.2 Å². The van der Waals surface area contributed by atoms with Crippen molar-refractivity contribution in [3.63, 3.8) is 0 Å². The van der Waals surface area contributed by atoms with E-state index in [0.717, 1.165) is 0 Å². The van der Waals surface area contributed by atoms with Crippen LogP contribution < -0.4 is 10.6 Å². The van der Waals surface area contributed by atoms with Crippen LogP contribution in [0.2, 0.25) is 0 Å². The summed E-state index contributed by atoms with van der Waals surface area (Å²) in [6.45, 7) is 0.218. The lowest BCUT2D eigenvalue weighted by molar-refractivity contribution is -0.136. The lowest BCUT2D eigenvalue weighted by atomic mass is 10.2. The minimum Gasteiger partial charge on any atom is -0.468 e. The smallest absolute Gasteiger partial charge is 0.313 e. The maximum absolute atomic E-state index is 12.8. The Kier molecular flexibility index (Phi) is 5.48. The molecule has 0 spiro atoms. The van der Waals surface area contributed by atoms with E-state index in [0.29, 0.717) is 11.4 Å². The van der Waals surface area contributed by atoms with E-state index in [9.17, 15) is 14.0 Å². The second-order valence-electron chi connectivity index (χ2n) is 5.17. The van der Waals surface area contributed by atoms with Gasteiger partial charge in [0.25, 0.3) is 0 Å². The average molecular weight is 319 g/mol. The van der Waals surface area contributed by atoms with Crippen molar-refractivity contribution in [1.82, 2.24) is 10.2 Å². The topological polar surface area (TPSA) is 74.6 Å². The molecule has 6 nitrogen and oxygen atoms in total. The zero-order valence-electron chi connectivity index (χ0n) is 12.9. The number of rotatable bonds is 5. The predicted molar refractivity (Wildman–Crippen MR) is 83.2 cm³/mol. The first kappa shape index (κ1) is 16.7. The first-order valence-electron chi connectivity index (χ1n) is 7.02. The number of hydrogen-bond donors (Lipinski definition) is 2. The molecule has 0 aliphatic rings. The predicted octanol–water partition coefficient (Wildman–Crippen LogP) is 1.78. The highest BCUT2D eigenvalue weighted by molar-refractivity contribution is 6.39. The van der Waals surface area contributed by atoms with Gasteiger partial charge in [-0.25, -0.2) is 4.39 Å². The molecule has 0 saturated carbocycles. The van der Waals surface area contributed by atoms with Crippen molar-refractivity contribution >= 4 is 17.5 Å². The summed E-state index contributed by atoms with van der Waals surface area (Å²) in [5.41, 5.74) is 0.349. The lowest BCUT2D eigenvalue weighted by Crippen LogP contribution is -2.40. The summed E-state index contributed by atoms with van der Waals surface area (Å²) >= 11 is 0. The Morgan fingerprint density at radius 2 is 1.87 bits per heavy atom. The molecule has 0 aliphatic heterocycles. The molecule has 1 heterocycles. The molecule has 1 atom stereocenters.